The molecule has 2 heterocycles. The van der Waals surface area contributed by atoms with Crippen molar-refractivity contribution in [3.63, 3.8) is 0 Å². The van der Waals surface area contributed by atoms with Crippen molar-refractivity contribution in [2.24, 2.45) is 0 Å². The van der Waals surface area contributed by atoms with Gasteiger partial charge in [0.05, 0.1) is 17.0 Å². The second-order valence-electron chi connectivity index (χ2n) is 4.91. The van der Waals surface area contributed by atoms with Crippen molar-refractivity contribution in [1.82, 2.24) is 15.3 Å². The van der Waals surface area contributed by atoms with Gasteiger partial charge in [-0.15, -0.1) is 0 Å². The van der Waals surface area contributed by atoms with Gasteiger partial charge in [-0.2, -0.15) is 5.26 Å². The van der Waals surface area contributed by atoms with E-state index in [1.165, 1.54) is 11.8 Å². The molecule has 0 bridgehead atoms. The van der Waals surface area contributed by atoms with E-state index < -0.39 is 0 Å². The first-order chi connectivity index (χ1) is 10.6. The predicted octanol–water partition coefficient (Wildman–Crippen LogP) is 2.63. The third-order valence-electron chi connectivity index (χ3n) is 2.75. The zero-order valence-corrected chi connectivity index (χ0v) is 13.2. The smallest absolute Gasteiger partial charge is 0.230 e. The molecular formula is C16H16N4OS. The van der Waals surface area contributed by atoms with Gasteiger partial charge in [-0.1, -0.05) is 11.8 Å². The van der Waals surface area contributed by atoms with Gasteiger partial charge in [0.2, 0.25) is 5.91 Å². The lowest BCUT2D eigenvalue weighted by molar-refractivity contribution is -0.119. The van der Waals surface area contributed by atoms with Crippen molar-refractivity contribution in [1.29, 1.82) is 5.26 Å². The Hall–Kier alpha value is -2.39. The van der Waals surface area contributed by atoms with Gasteiger partial charge in [-0.3, -0.25) is 9.78 Å². The molecule has 1 amide bonds. The number of rotatable bonds is 5. The minimum absolute atomic E-state index is 0.0694. The molecule has 112 valence electrons. The summed E-state index contributed by atoms with van der Waals surface area (Å²) < 4.78 is 0. The van der Waals surface area contributed by atoms with Crippen LogP contribution in [0.15, 0.2) is 41.7 Å². The summed E-state index contributed by atoms with van der Waals surface area (Å²) in [5.74, 6) is 0.166. The lowest BCUT2D eigenvalue weighted by Gasteiger charge is -2.09. The molecule has 0 saturated carbocycles. The van der Waals surface area contributed by atoms with Crippen LogP contribution in [0.4, 0.5) is 0 Å². The molecule has 0 unspecified atom stereocenters. The summed E-state index contributed by atoms with van der Waals surface area (Å²) in [5, 5.41) is 12.6. The van der Waals surface area contributed by atoms with Crippen molar-refractivity contribution < 1.29 is 4.79 Å². The maximum Gasteiger partial charge on any atom is 0.230 e. The van der Waals surface area contributed by atoms with E-state index in [4.69, 9.17) is 0 Å². The fourth-order valence-electron chi connectivity index (χ4n) is 1.82. The quantitative estimate of drug-likeness (QED) is 0.859. The highest BCUT2D eigenvalue weighted by atomic mass is 32.2. The van der Waals surface area contributed by atoms with E-state index in [1.807, 2.05) is 26.0 Å². The van der Waals surface area contributed by atoms with E-state index in [0.29, 0.717) is 10.6 Å². The van der Waals surface area contributed by atoms with Gasteiger partial charge in [0.1, 0.15) is 11.1 Å². The Morgan fingerprint density at radius 3 is 2.68 bits per heavy atom. The van der Waals surface area contributed by atoms with E-state index in [0.717, 1.165) is 11.3 Å². The van der Waals surface area contributed by atoms with Crippen LogP contribution in [0.3, 0.4) is 0 Å². The van der Waals surface area contributed by atoms with Crippen LogP contribution in [0.2, 0.25) is 0 Å². The summed E-state index contributed by atoms with van der Waals surface area (Å²) in [4.78, 5) is 20.2. The summed E-state index contributed by atoms with van der Waals surface area (Å²) in [6.07, 6.45) is 3.39. The molecule has 0 radical (unpaired) electrons. The Kier molecular flexibility index (Phi) is 5.50. The number of nitriles is 1. The Bertz CT molecular complexity index is 695. The van der Waals surface area contributed by atoms with E-state index in [9.17, 15) is 10.1 Å². The number of aromatic nitrogens is 2. The molecule has 1 N–H and O–H groups in total. The third kappa shape index (κ3) is 4.30. The SMILES string of the molecule is CC(C)NC(=O)CSc1nc(-c2ccncc2)ccc1C#N. The summed E-state index contributed by atoms with van der Waals surface area (Å²) in [5.41, 5.74) is 2.15. The molecule has 6 heteroatoms. The zero-order chi connectivity index (χ0) is 15.9. The monoisotopic (exact) mass is 312 g/mol. The molecule has 0 aliphatic heterocycles. The van der Waals surface area contributed by atoms with Gasteiger partial charge in [0.25, 0.3) is 0 Å². The number of nitrogens with one attached hydrogen (secondary N) is 1. The van der Waals surface area contributed by atoms with E-state index in [-0.39, 0.29) is 17.7 Å². The summed E-state index contributed by atoms with van der Waals surface area (Å²) >= 11 is 1.27. The van der Waals surface area contributed by atoms with E-state index in [1.54, 1.807) is 24.5 Å². The second kappa shape index (κ2) is 7.57. The van der Waals surface area contributed by atoms with Crippen molar-refractivity contribution in [2.75, 3.05) is 5.75 Å². The van der Waals surface area contributed by atoms with Crippen molar-refractivity contribution in [3.05, 3.63) is 42.2 Å². The van der Waals surface area contributed by atoms with Crippen molar-refractivity contribution in [3.8, 4) is 17.3 Å². The van der Waals surface area contributed by atoms with Gasteiger partial charge < -0.3 is 5.32 Å². The Labute approximate surface area is 133 Å². The molecule has 2 rings (SSSR count). The zero-order valence-electron chi connectivity index (χ0n) is 12.4. The van der Waals surface area contributed by atoms with Gasteiger partial charge in [-0.05, 0) is 38.1 Å². The third-order valence-corrected chi connectivity index (χ3v) is 3.74. The average Bonchev–Trinajstić information content (AvgIpc) is 2.53. The highest BCUT2D eigenvalue weighted by Crippen LogP contribution is 2.24. The van der Waals surface area contributed by atoms with Crippen molar-refractivity contribution in [2.45, 2.75) is 24.9 Å². The second-order valence-corrected chi connectivity index (χ2v) is 5.87. The Balaban J connectivity index is 2.19. The first-order valence-corrected chi connectivity index (χ1v) is 7.82. The number of pyridine rings is 2. The number of thioether (sulfide) groups is 1. The Morgan fingerprint density at radius 1 is 1.32 bits per heavy atom. The van der Waals surface area contributed by atoms with Crippen LogP contribution in [-0.2, 0) is 4.79 Å². The van der Waals surface area contributed by atoms with Crippen LogP contribution in [0, 0.1) is 11.3 Å². The van der Waals surface area contributed by atoms with Crippen LogP contribution in [0.25, 0.3) is 11.3 Å². The molecule has 0 aromatic carbocycles. The predicted molar refractivity (Wildman–Crippen MR) is 86.2 cm³/mol. The number of hydrogen-bond donors (Lipinski definition) is 1. The van der Waals surface area contributed by atoms with Crippen LogP contribution in [0.5, 0.6) is 0 Å². The molecule has 0 aliphatic rings. The molecule has 22 heavy (non-hydrogen) atoms. The maximum absolute atomic E-state index is 11.7. The summed E-state index contributed by atoms with van der Waals surface area (Å²) in [6.45, 7) is 3.82. The molecule has 0 atom stereocenters. The highest BCUT2D eigenvalue weighted by Gasteiger charge is 2.11. The first kappa shape index (κ1) is 16.0. The summed E-state index contributed by atoms with van der Waals surface area (Å²) in [6, 6.07) is 9.44. The molecular weight excluding hydrogens is 296 g/mol. The molecule has 0 spiro atoms. The van der Waals surface area contributed by atoms with Gasteiger partial charge in [0.15, 0.2) is 0 Å². The molecule has 2 aromatic heterocycles. The standard InChI is InChI=1S/C16H16N4OS/c1-11(2)19-15(21)10-22-16-13(9-17)3-4-14(20-16)12-5-7-18-8-6-12/h3-8,11H,10H2,1-2H3,(H,19,21). The minimum Gasteiger partial charge on any atom is -0.353 e. The number of nitrogens with zero attached hydrogens (tertiary/aromatic N) is 3. The summed E-state index contributed by atoms with van der Waals surface area (Å²) in [7, 11) is 0. The topological polar surface area (TPSA) is 78.7 Å². The minimum atomic E-state index is -0.0694. The molecule has 5 nitrogen and oxygen atoms in total. The van der Waals surface area contributed by atoms with Crippen LogP contribution < -0.4 is 5.32 Å². The lowest BCUT2D eigenvalue weighted by atomic mass is 10.1. The molecule has 0 saturated heterocycles. The number of carbonyl (C=O) groups excluding carboxylic acids is 1. The Morgan fingerprint density at radius 2 is 2.05 bits per heavy atom. The van der Waals surface area contributed by atoms with Crippen LogP contribution in [0.1, 0.15) is 19.4 Å². The van der Waals surface area contributed by atoms with Crippen LogP contribution >= 0.6 is 11.8 Å². The normalized spacial score (nSPS) is 10.3. The first-order valence-electron chi connectivity index (χ1n) is 6.84. The fraction of sp³-hybridized carbons (Fsp3) is 0.250. The molecule has 0 aliphatic carbocycles. The number of carbonyl (C=O) groups is 1. The van der Waals surface area contributed by atoms with Crippen LogP contribution in [-0.4, -0.2) is 27.7 Å². The van der Waals surface area contributed by atoms with E-state index in [2.05, 4.69) is 21.4 Å². The lowest BCUT2D eigenvalue weighted by Crippen LogP contribution is -2.31. The van der Waals surface area contributed by atoms with Gasteiger partial charge >= 0.3 is 0 Å². The maximum atomic E-state index is 11.7. The van der Waals surface area contributed by atoms with Gasteiger partial charge in [0, 0.05) is 24.0 Å². The van der Waals surface area contributed by atoms with Crippen molar-refractivity contribution >= 4 is 17.7 Å². The molecule has 2 aromatic rings. The average molecular weight is 312 g/mol. The largest absolute Gasteiger partial charge is 0.353 e. The number of amides is 1. The van der Waals surface area contributed by atoms with Gasteiger partial charge in [-0.25, -0.2) is 4.98 Å². The molecule has 0 fully saturated rings. The number of hydrogen-bond acceptors (Lipinski definition) is 5. The van der Waals surface area contributed by atoms with E-state index >= 15 is 0 Å². The fourth-order valence-corrected chi connectivity index (χ4v) is 2.60. The highest BCUT2D eigenvalue weighted by molar-refractivity contribution is 8.00.